The molecule has 18 heavy (non-hydrogen) atoms. The van der Waals surface area contributed by atoms with E-state index < -0.39 is 0 Å². The minimum atomic E-state index is 0.410. The van der Waals surface area contributed by atoms with E-state index in [0.29, 0.717) is 6.04 Å². The van der Waals surface area contributed by atoms with E-state index >= 15 is 0 Å². The van der Waals surface area contributed by atoms with Crippen molar-refractivity contribution in [3.8, 4) is 0 Å². The molecule has 0 radical (unpaired) electrons. The van der Waals surface area contributed by atoms with Crippen LogP contribution in [0.25, 0.3) is 0 Å². The molecule has 3 nitrogen and oxygen atoms in total. The van der Waals surface area contributed by atoms with Gasteiger partial charge in [0.05, 0.1) is 0 Å². The van der Waals surface area contributed by atoms with Crippen LogP contribution in [0.5, 0.6) is 0 Å². The Morgan fingerprint density at radius 2 is 2.00 bits per heavy atom. The number of nitrogens with zero attached hydrogens (tertiary/aromatic N) is 2. The van der Waals surface area contributed by atoms with Gasteiger partial charge in [-0.05, 0) is 64.1 Å². The number of piperidine rings is 3. The SMILES string of the molecule is CCC(N)CCC1C2C(CN1C)C1CCN2CC1. The molecule has 4 rings (SSSR count). The molecule has 2 N–H and O–H groups in total. The maximum absolute atomic E-state index is 6.11. The summed E-state index contributed by atoms with van der Waals surface area (Å²) in [6.07, 6.45) is 6.53. The number of likely N-dealkylation sites (N-methyl/N-ethyl adjacent to an activating group) is 1. The second-order valence-corrected chi connectivity index (χ2v) is 6.78. The largest absolute Gasteiger partial charge is 0.328 e. The van der Waals surface area contributed by atoms with Crippen molar-refractivity contribution in [2.75, 3.05) is 26.7 Å². The average molecular weight is 251 g/mol. The van der Waals surface area contributed by atoms with Crippen molar-refractivity contribution in [2.24, 2.45) is 17.6 Å². The quantitative estimate of drug-likeness (QED) is 0.822. The van der Waals surface area contributed by atoms with Crippen LogP contribution in [-0.2, 0) is 0 Å². The molecule has 4 aliphatic rings. The van der Waals surface area contributed by atoms with Crippen molar-refractivity contribution < 1.29 is 0 Å². The third-order valence-electron chi connectivity index (χ3n) is 5.86. The van der Waals surface area contributed by atoms with Crippen LogP contribution >= 0.6 is 0 Å². The zero-order valence-electron chi connectivity index (χ0n) is 12.0. The lowest BCUT2D eigenvalue weighted by atomic mass is 9.73. The third-order valence-corrected chi connectivity index (χ3v) is 5.86. The molecule has 4 unspecified atom stereocenters. The van der Waals surface area contributed by atoms with E-state index in [-0.39, 0.29) is 0 Å². The van der Waals surface area contributed by atoms with Gasteiger partial charge in [-0.1, -0.05) is 6.92 Å². The van der Waals surface area contributed by atoms with Gasteiger partial charge >= 0.3 is 0 Å². The highest BCUT2D eigenvalue weighted by Crippen LogP contribution is 2.44. The summed E-state index contributed by atoms with van der Waals surface area (Å²) in [6, 6.07) is 2.04. The number of nitrogens with two attached hydrogens (primary N) is 1. The fourth-order valence-corrected chi connectivity index (χ4v) is 4.69. The predicted molar refractivity (Wildman–Crippen MR) is 75.5 cm³/mol. The fraction of sp³-hybridized carbons (Fsp3) is 1.00. The topological polar surface area (TPSA) is 32.5 Å². The Balaban J connectivity index is 1.67. The summed E-state index contributed by atoms with van der Waals surface area (Å²) < 4.78 is 0. The fourth-order valence-electron chi connectivity index (χ4n) is 4.69. The monoisotopic (exact) mass is 251 g/mol. The summed E-state index contributed by atoms with van der Waals surface area (Å²) >= 11 is 0. The van der Waals surface area contributed by atoms with E-state index in [4.69, 9.17) is 5.73 Å². The van der Waals surface area contributed by atoms with E-state index in [9.17, 15) is 0 Å². The van der Waals surface area contributed by atoms with Crippen molar-refractivity contribution in [3.63, 3.8) is 0 Å². The molecule has 4 saturated heterocycles. The standard InChI is InChI=1S/C15H29N3/c1-3-12(16)4-5-14-15-13(10-17(14)2)11-6-8-18(15)9-7-11/h11-15H,3-10,16H2,1-2H3. The van der Waals surface area contributed by atoms with Crippen LogP contribution in [0.2, 0.25) is 0 Å². The Morgan fingerprint density at radius 1 is 1.28 bits per heavy atom. The summed E-state index contributed by atoms with van der Waals surface area (Å²) in [5.41, 5.74) is 6.11. The van der Waals surface area contributed by atoms with Gasteiger partial charge in [0.25, 0.3) is 0 Å². The lowest BCUT2D eigenvalue weighted by Crippen LogP contribution is -2.57. The summed E-state index contributed by atoms with van der Waals surface area (Å²) in [5, 5.41) is 0. The highest BCUT2D eigenvalue weighted by molar-refractivity contribution is 5.05. The number of fused-ring (bicyclic) bond motifs is 2. The highest BCUT2D eigenvalue weighted by Gasteiger charge is 2.50. The van der Waals surface area contributed by atoms with Gasteiger partial charge in [0.15, 0.2) is 0 Å². The van der Waals surface area contributed by atoms with Gasteiger partial charge in [0.1, 0.15) is 0 Å². The summed E-state index contributed by atoms with van der Waals surface area (Å²) in [5.74, 6) is 1.98. The van der Waals surface area contributed by atoms with Gasteiger partial charge < -0.3 is 10.6 Å². The van der Waals surface area contributed by atoms with Crippen molar-refractivity contribution >= 4 is 0 Å². The summed E-state index contributed by atoms with van der Waals surface area (Å²) in [6.45, 7) is 6.25. The van der Waals surface area contributed by atoms with Crippen molar-refractivity contribution in [1.82, 2.24) is 9.80 Å². The first-order valence-electron chi connectivity index (χ1n) is 7.90. The number of hydrogen-bond acceptors (Lipinski definition) is 3. The zero-order valence-corrected chi connectivity index (χ0v) is 12.0. The summed E-state index contributed by atoms with van der Waals surface area (Å²) in [7, 11) is 2.33. The molecule has 0 aromatic carbocycles. The minimum absolute atomic E-state index is 0.410. The van der Waals surface area contributed by atoms with Crippen LogP contribution in [-0.4, -0.2) is 54.6 Å². The van der Waals surface area contributed by atoms with E-state index in [0.717, 1.165) is 30.3 Å². The lowest BCUT2D eigenvalue weighted by molar-refractivity contribution is 0.00234. The van der Waals surface area contributed by atoms with Crippen LogP contribution in [0.1, 0.15) is 39.0 Å². The van der Waals surface area contributed by atoms with Gasteiger partial charge in [0.2, 0.25) is 0 Å². The van der Waals surface area contributed by atoms with E-state index in [1.807, 2.05) is 0 Å². The molecule has 3 heteroatoms. The molecule has 4 heterocycles. The Kier molecular flexibility index (Phi) is 3.65. The van der Waals surface area contributed by atoms with Gasteiger partial charge in [-0.15, -0.1) is 0 Å². The average Bonchev–Trinajstić information content (AvgIpc) is 2.75. The first-order valence-corrected chi connectivity index (χ1v) is 7.90. The first kappa shape index (κ1) is 12.9. The van der Waals surface area contributed by atoms with Crippen molar-refractivity contribution in [1.29, 1.82) is 0 Å². The molecule has 4 atom stereocenters. The zero-order chi connectivity index (χ0) is 12.7. The normalized spacial score (nSPS) is 45.2. The summed E-state index contributed by atoms with van der Waals surface area (Å²) in [4.78, 5) is 5.42. The highest BCUT2D eigenvalue weighted by atomic mass is 15.3. The van der Waals surface area contributed by atoms with E-state index in [2.05, 4.69) is 23.8 Å². The van der Waals surface area contributed by atoms with Crippen LogP contribution in [0.4, 0.5) is 0 Å². The molecule has 0 aromatic rings. The van der Waals surface area contributed by atoms with Crippen molar-refractivity contribution in [2.45, 2.75) is 57.2 Å². The molecule has 0 amide bonds. The maximum atomic E-state index is 6.11. The van der Waals surface area contributed by atoms with Crippen LogP contribution in [0.3, 0.4) is 0 Å². The second kappa shape index (κ2) is 5.10. The predicted octanol–water partition coefficient (Wildman–Crippen LogP) is 1.53. The number of likely N-dealkylation sites (tertiary alicyclic amines) is 1. The van der Waals surface area contributed by atoms with Crippen LogP contribution in [0.15, 0.2) is 0 Å². The molecular formula is C15H29N3. The molecule has 104 valence electrons. The third kappa shape index (κ3) is 2.10. The maximum Gasteiger partial charge on any atom is 0.0294 e. The molecule has 2 bridgehead atoms. The molecule has 0 saturated carbocycles. The van der Waals surface area contributed by atoms with Gasteiger partial charge in [-0.2, -0.15) is 0 Å². The van der Waals surface area contributed by atoms with Gasteiger partial charge in [-0.3, -0.25) is 4.90 Å². The van der Waals surface area contributed by atoms with Gasteiger partial charge in [-0.25, -0.2) is 0 Å². The van der Waals surface area contributed by atoms with E-state index in [1.54, 1.807) is 0 Å². The molecule has 4 fully saturated rings. The Bertz CT molecular complexity index is 285. The molecular weight excluding hydrogens is 222 g/mol. The van der Waals surface area contributed by atoms with E-state index in [1.165, 1.54) is 45.3 Å². The molecule has 0 aromatic heterocycles. The van der Waals surface area contributed by atoms with Crippen molar-refractivity contribution in [3.05, 3.63) is 0 Å². The Morgan fingerprint density at radius 3 is 2.67 bits per heavy atom. The molecule has 0 aliphatic carbocycles. The van der Waals surface area contributed by atoms with Crippen LogP contribution < -0.4 is 5.73 Å². The van der Waals surface area contributed by atoms with Gasteiger partial charge in [0, 0.05) is 24.7 Å². The Hall–Kier alpha value is -0.120. The lowest BCUT2D eigenvalue weighted by Gasteiger charge is -2.49. The number of rotatable bonds is 4. The number of hydrogen-bond donors (Lipinski definition) is 1. The minimum Gasteiger partial charge on any atom is -0.328 e. The van der Waals surface area contributed by atoms with Crippen LogP contribution in [0, 0.1) is 11.8 Å². The Labute approximate surface area is 112 Å². The molecule has 4 aliphatic heterocycles. The first-order chi connectivity index (χ1) is 8.70. The second-order valence-electron chi connectivity index (χ2n) is 6.78. The smallest absolute Gasteiger partial charge is 0.0294 e. The molecule has 0 spiro atoms.